The van der Waals surface area contributed by atoms with Gasteiger partial charge in [0, 0.05) is 23.6 Å². The highest BCUT2D eigenvalue weighted by molar-refractivity contribution is 9.10. The fourth-order valence-electron chi connectivity index (χ4n) is 2.55. The van der Waals surface area contributed by atoms with Gasteiger partial charge in [0.1, 0.15) is 33.9 Å². The molecule has 1 amide bonds. The number of hydrogen-bond acceptors (Lipinski definition) is 4. The van der Waals surface area contributed by atoms with Gasteiger partial charge < -0.3 is 9.64 Å². The number of carbonyl (C=O) groups excluding carboxylic acids is 1. The molecule has 0 fully saturated rings. The molecular formula is C20H17BrF2N2O2S. The van der Waals surface area contributed by atoms with Crippen molar-refractivity contribution in [1.29, 1.82) is 0 Å². The molecule has 1 heterocycles. The summed E-state index contributed by atoms with van der Waals surface area (Å²) in [6.45, 7) is 2.07. The van der Waals surface area contributed by atoms with Crippen molar-refractivity contribution in [1.82, 2.24) is 9.88 Å². The Balaban J connectivity index is 1.68. The molecule has 1 aromatic heterocycles. The lowest BCUT2D eigenvalue weighted by atomic mass is 10.2. The van der Waals surface area contributed by atoms with Gasteiger partial charge in [0.15, 0.2) is 0 Å². The van der Waals surface area contributed by atoms with Crippen LogP contribution in [0.5, 0.6) is 5.75 Å². The lowest BCUT2D eigenvalue weighted by Crippen LogP contribution is -2.26. The summed E-state index contributed by atoms with van der Waals surface area (Å²) in [6, 6.07) is 10.3. The Morgan fingerprint density at radius 1 is 1.21 bits per heavy atom. The Hall–Kier alpha value is -2.32. The van der Waals surface area contributed by atoms with Crippen LogP contribution in [0, 0.1) is 18.6 Å². The second-order valence-corrected chi connectivity index (χ2v) is 8.16. The highest BCUT2D eigenvalue weighted by Crippen LogP contribution is 2.23. The van der Waals surface area contributed by atoms with Crippen molar-refractivity contribution in [2.45, 2.75) is 20.1 Å². The van der Waals surface area contributed by atoms with Crippen LogP contribution in [0.4, 0.5) is 8.78 Å². The number of thiazole rings is 1. The first kappa shape index (κ1) is 20.4. The van der Waals surface area contributed by atoms with Gasteiger partial charge in [-0.1, -0.05) is 15.9 Å². The van der Waals surface area contributed by atoms with Gasteiger partial charge in [-0.2, -0.15) is 0 Å². The molecule has 0 saturated carbocycles. The van der Waals surface area contributed by atoms with Crippen molar-refractivity contribution < 1.29 is 18.3 Å². The molecule has 3 rings (SSSR count). The van der Waals surface area contributed by atoms with Crippen LogP contribution in [0.2, 0.25) is 0 Å². The Morgan fingerprint density at radius 2 is 1.93 bits per heavy atom. The molecule has 8 heteroatoms. The van der Waals surface area contributed by atoms with Crippen molar-refractivity contribution in [3.63, 3.8) is 0 Å². The summed E-state index contributed by atoms with van der Waals surface area (Å²) in [5.41, 5.74) is 1.02. The third-order valence-corrected chi connectivity index (χ3v) is 5.59. The number of aryl methyl sites for hydroxylation is 1. The van der Waals surface area contributed by atoms with Crippen molar-refractivity contribution in [3.8, 4) is 5.75 Å². The molecule has 0 atom stereocenters. The zero-order chi connectivity index (χ0) is 20.3. The van der Waals surface area contributed by atoms with Gasteiger partial charge >= 0.3 is 0 Å². The molecule has 3 aromatic rings. The first-order valence-electron chi connectivity index (χ1n) is 8.37. The van der Waals surface area contributed by atoms with E-state index in [9.17, 15) is 13.6 Å². The predicted octanol–water partition coefficient (Wildman–Crippen LogP) is 5.34. The van der Waals surface area contributed by atoms with Crippen LogP contribution >= 0.6 is 27.3 Å². The summed E-state index contributed by atoms with van der Waals surface area (Å²) < 4.78 is 33.2. The van der Waals surface area contributed by atoms with Crippen LogP contribution in [-0.2, 0) is 13.2 Å². The van der Waals surface area contributed by atoms with E-state index in [4.69, 9.17) is 4.74 Å². The van der Waals surface area contributed by atoms with Crippen LogP contribution in [0.25, 0.3) is 0 Å². The van der Waals surface area contributed by atoms with E-state index in [1.54, 1.807) is 26.1 Å². The average molecular weight is 467 g/mol. The summed E-state index contributed by atoms with van der Waals surface area (Å²) in [7, 11) is 1.62. The zero-order valence-electron chi connectivity index (χ0n) is 15.2. The van der Waals surface area contributed by atoms with Gasteiger partial charge in [-0.3, -0.25) is 4.79 Å². The molecule has 0 aliphatic heterocycles. The predicted molar refractivity (Wildman–Crippen MR) is 107 cm³/mol. The standard InChI is InChI=1S/C20H17BrF2N2O2S/c1-12-19(20(26)25(2)10-13-9-14(21)3-8-17(13)23)28-18(24-12)11-27-16-6-4-15(22)5-7-16/h3-9H,10-11H2,1-2H3. The largest absolute Gasteiger partial charge is 0.486 e. The van der Waals surface area contributed by atoms with Crippen LogP contribution in [0.15, 0.2) is 46.9 Å². The van der Waals surface area contributed by atoms with Crippen LogP contribution in [0.3, 0.4) is 0 Å². The van der Waals surface area contributed by atoms with Gasteiger partial charge in [-0.25, -0.2) is 13.8 Å². The van der Waals surface area contributed by atoms with E-state index in [2.05, 4.69) is 20.9 Å². The summed E-state index contributed by atoms with van der Waals surface area (Å²) in [5, 5.41) is 0.632. The van der Waals surface area contributed by atoms with E-state index in [-0.39, 0.29) is 30.7 Å². The highest BCUT2D eigenvalue weighted by Gasteiger charge is 2.20. The van der Waals surface area contributed by atoms with E-state index in [1.807, 2.05) is 0 Å². The smallest absolute Gasteiger partial charge is 0.265 e. The SMILES string of the molecule is Cc1nc(COc2ccc(F)cc2)sc1C(=O)N(C)Cc1cc(Br)ccc1F. The number of hydrogen-bond donors (Lipinski definition) is 0. The molecule has 0 aliphatic rings. The fourth-order valence-corrected chi connectivity index (χ4v) is 3.93. The number of carbonyl (C=O) groups is 1. The molecule has 0 unspecified atom stereocenters. The Labute approximate surface area is 173 Å². The first-order valence-corrected chi connectivity index (χ1v) is 9.98. The molecule has 0 bridgehead atoms. The molecular weight excluding hydrogens is 450 g/mol. The maximum atomic E-state index is 14.0. The monoisotopic (exact) mass is 466 g/mol. The second-order valence-electron chi connectivity index (χ2n) is 6.16. The van der Waals surface area contributed by atoms with Crippen LogP contribution in [-0.4, -0.2) is 22.8 Å². The van der Waals surface area contributed by atoms with Gasteiger partial charge in [0.25, 0.3) is 5.91 Å². The molecule has 0 spiro atoms. The molecule has 0 aliphatic carbocycles. The van der Waals surface area contributed by atoms with E-state index in [0.29, 0.717) is 26.9 Å². The number of halogens is 3. The van der Waals surface area contributed by atoms with E-state index in [1.165, 1.54) is 46.6 Å². The Bertz CT molecular complexity index is 992. The number of rotatable bonds is 6. The number of ether oxygens (including phenoxy) is 1. The van der Waals surface area contributed by atoms with Crippen LogP contribution in [0.1, 0.15) is 25.9 Å². The van der Waals surface area contributed by atoms with E-state index < -0.39 is 0 Å². The first-order chi connectivity index (χ1) is 13.3. The lowest BCUT2D eigenvalue weighted by Gasteiger charge is -2.17. The number of benzene rings is 2. The topological polar surface area (TPSA) is 42.4 Å². The van der Waals surface area contributed by atoms with Gasteiger partial charge in [0.2, 0.25) is 0 Å². The van der Waals surface area contributed by atoms with Gasteiger partial charge in [-0.05, 0) is 49.4 Å². The summed E-state index contributed by atoms with van der Waals surface area (Å²) in [4.78, 5) is 19.1. The normalized spacial score (nSPS) is 10.8. The summed E-state index contributed by atoms with van der Waals surface area (Å²) in [6.07, 6.45) is 0. The zero-order valence-corrected chi connectivity index (χ0v) is 17.6. The molecule has 0 radical (unpaired) electrons. The molecule has 0 N–H and O–H groups in total. The minimum absolute atomic E-state index is 0.142. The minimum Gasteiger partial charge on any atom is -0.486 e. The average Bonchev–Trinajstić information content (AvgIpc) is 3.04. The molecule has 28 heavy (non-hydrogen) atoms. The molecule has 146 valence electrons. The number of amides is 1. The van der Waals surface area contributed by atoms with Crippen molar-refractivity contribution in [2.24, 2.45) is 0 Å². The maximum absolute atomic E-state index is 14.0. The van der Waals surface area contributed by atoms with E-state index in [0.717, 1.165) is 4.47 Å². The third-order valence-electron chi connectivity index (χ3n) is 3.97. The molecule has 2 aromatic carbocycles. The van der Waals surface area contributed by atoms with Crippen molar-refractivity contribution in [3.05, 3.63) is 79.7 Å². The fraction of sp³-hybridized carbons (Fsp3) is 0.200. The number of aromatic nitrogens is 1. The maximum Gasteiger partial charge on any atom is 0.265 e. The van der Waals surface area contributed by atoms with Crippen LogP contribution < -0.4 is 4.74 Å². The van der Waals surface area contributed by atoms with Crippen molar-refractivity contribution in [2.75, 3.05) is 7.05 Å². The third kappa shape index (κ3) is 4.94. The van der Waals surface area contributed by atoms with Crippen molar-refractivity contribution >= 4 is 33.2 Å². The second kappa shape index (κ2) is 8.79. The Kier molecular flexibility index (Phi) is 6.41. The summed E-state index contributed by atoms with van der Waals surface area (Å²) >= 11 is 4.54. The lowest BCUT2D eigenvalue weighted by molar-refractivity contribution is 0.0787. The quantitative estimate of drug-likeness (QED) is 0.492. The van der Waals surface area contributed by atoms with E-state index >= 15 is 0 Å². The van der Waals surface area contributed by atoms with Gasteiger partial charge in [-0.15, -0.1) is 11.3 Å². The minimum atomic E-state index is -0.364. The summed E-state index contributed by atoms with van der Waals surface area (Å²) in [5.74, 6) is -0.417. The van der Waals surface area contributed by atoms with Gasteiger partial charge in [0.05, 0.1) is 5.69 Å². The molecule has 0 saturated heterocycles. The highest BCUT2D eigenvalue weighted by atomic mass is 79.9. The number of nitrogens with zero attached hydrogens (tertiary/aromatic N) is 2. The Morgan fingerprint density at radius 3 is 2.64 bits per heavy atom. The molecule has 4 nitrogen and oxygen atoms in total.